The Bertz CT molecular complexity index is 1070. The zero-order valence-electron chi connectivity index (χ0n) is 16.2. The third-order valence-electron chi connectivity index (χ3n) is 3.35. The van der Waals surface area contributed by atoms with Crippen molar-refractivity contribution in [3.05, 3.63) is 48.0 Å². The third-order valence-corrected chi connectivity index (χ3v) is 4.63. The van der Waals surface area contributed by atoms with Gasteiger partial charge < -0.3 is 25.1 Å². The van der Waals surface area contributed by atoms with Crippen LogP contribution in [0.15, 0.2) is 57.6 Å². The molecule has 0 amide bonds. The van der Waals surface area contributed by atoms with Crippen LogP contribution < -0.4 is 25.1 Å². The van der Waals surface area contributed by atoms with Crippen LogP contribution in [0.5, 0.6) is 17.2 Å². The molecule has 0 aromatic heterocycles. The van der Waals surface area contributed by atoms with Gasteiger partial charge in [-0.05, 0) is 36.8 Å². The molecule has 0 atom stereocenters. The van der Waals surface area contributed by atoms with E-state index in [0.717, 1.165) is 12.1 Å². The Hall–Kier alpha value is -3.48. The fourth-order valence-electron chi connectivity index (χ4n) is 2.28. The molecular formula is C18H19F3N4O5S. The predicted octanol–water partition coefficient (Wildman–Crippen LogP) is 2.69. The molecule has 0 saturated heterocycles. The molecule has 0 aliphatic rings. The number of hydrogen-bond donors (Lipinski definition) is 2. The topological polar surface area (TPSA) is 139 Å². The van der Waals surface area contributed by atoms with E-state index < -0.39 is 27.1 Å². The smallest absolute Gasteiger partial charge is 0.493 e. The molecule has 0 saturated carbocycles. The van der Waals surface area contributed by atoms with Crippen LogP contribution in [0.25, 0.3) is 0 Å². The summed E-state index contributed by atoms with van der Waals surface area (Å²) in [5.74, 6) is -0.966. The quantitative estimate of drug-likeness (QED) is 0.193. The Morgan fingerprint density at radius 2 is 1.81 bits per heavy atom. The summed E-state index contributed by atoms with van der Waals surface area (Å²) in [5.41, 5.74) is 10.8. The van der Waals surface area contributed by atoms with Crippen molar-refractivity contribution < 1.29 is 35.2 Å². The maximum absolute atomic E-state index is 12.6. The summed E-state index contributed by atoms with van der Waals surface area (Å²) in [4.78, 5) is -0.771. The summed E-state index contributed by atoms with van der Waals surface area (Å²) in [5, 5.41) is 7.00. The first-order valence-corrected chi connectivity index (χ1v) is 10.0. The number of halogens is 3. The minimum absolute atomic E-state index is 0.147. The Labute approximate surface area is 176 Å². The number of ether oxygens (including phenoxy) is 2. The van der Waals surface area contributed by atoms with Crippen LogP contribution >= 0.6 is 0 Å². The second kappa shape index (κ2) is 10.0. The Morgan fingerprint density at radius 3 is 2.48 bits per heavy atom. The van der Waals surface area contributed by atoms with Crippen molar-refractivity contribution in [1.82, 2.24) is 0 Å². The van der Waals surface area contributed by atoms with Crippen molar-refractivity contribution in [1.29, 1.82) is 0 Å². The van der Waals surface area contributed by atoms with Crippen molar-refractivity contribution in [3.63, 3.8) is 0 Å². The molecule has 9 nitrogen and oxygen atoms in total. The number of aryl methyl sites for hydroxylation is 1. The molecule has 13 heteroatoms. The number of para-hydroxylation sites is 1. The first-order chi connectivity index (χ1) is 14.5. The van der Waals surface area contributed by atoms with Crippen LogP contribution in [-0.2, 0) is 10.1 Å². The van der Waals surface area contributed by atoms with Gasteiger partial charge >= 0.3 is 16.5 Å². The van der Waals surface area contributed by atoms with E-state index in [1.165, 1.54) is 30.5 Å². The molecule has 0 unspecified atom stereocenters. The first-order valence-electron chi connectivity index (χ1n) is 8.60. The number of nitrogens with zero attached hydrogens (tertiary/aromatic N) is 2. The molecule has 2 aromatic rings. The highest BCUT2D eigenvalue weighted by Gasteiger charge is 2.34. The zero-order valence-corrected chi connectivity index (χ0v) is 17.0. The Kier molecular flexibility index (Phi) is 7.69. The average molecular weight is 460 g/mol. The largest absolute Gasteiger partial charge is 0.573 e. The SMILES string of the molecule is Cc1cc(OCC/C=N\N=C(N)N)cc(OS(=O)(=O)c2ccccc2OC(F)(F)F)c1. The summed E-state index contributed by atoms with van der Waals surface area (Å²) in [6.45, 7) is 1.83. The van der Waals surface area contributed by atoms with Crippen molar-refractivity contribution in [2.24, 2.45) is 21.7 Å². The Morgan fingerprint density at radius 1 is 1.13 bits per heavy atom. The van der Waals surface area contributed by atoms with Crippen molar-refractivity contribution in [3.8, 4) is 17.2 Å². The molecule has 4 N–H and O–H groups in total. The zero-order chi connectivity index (χ0) is 23.1. The lowest BCUT2D eigenvalue weighted by atomic mass is 10.2. The van der Waals surface area contributed by atoms with Gasteiger partial charge in [0.15, 0.2) is 5.75 Å². The van der Waals surface area contributed by atoms with E-state index in [1.807, 2.05) is 0 Å². The van der Waals surface area contributed by atoms with Crippen LogP contribution in [0.3, 0.4) is 0 Å². The lowest BCUT2D eigenvalue weighted by Gasteiger charge is -2.14. The monoisotopic (exact) mass is 460 g/mol. The van der Waals surface area contributed by atoms with Gasteiger partial charge in [-0.25, -0.2) is 0 Å². The summed E-state index contributed by atoms with van der Waals surface area (Å²) in [6.07, 6.45) is -3.31. The van der Waals surface area contributed by atoms with Gasteiger partial charge in [0.1, 0.15) is 16.4 Å². The normalized spacial score (nSPS) is 11.9. The van der Waals surface area contributed by atoms with Gasteiger partial charge in [0.2, 0.25) is 5.96 Å². The van der Waals surface area contributed by atoms with Gasteiger partial charge in [0.25, 0.3) is 0 Å². The molecule has 0 spiro atoms. The maximum Gasteiger partial charge on any atom is 0.573 e. The second-order valence-electron chi connectivity index (χ2n) is 5.97. The van der Waals surface area contributed by atoms with E-state index in [4.69, 9.17) is 20.4 Å². The summed E-state index contributed by atoms with van der Waals surface area (Å²) < 4.78 is 77.1. The van der Waals surface area contributed by atoms with Gasteiger partial charge in [0.05, 0.1) is 6.61 Å². The molecule has 168 valence electrons. The van der Waals surface area contributed by atoms with Crippen LogP contribution in [-0.4, -0.2) is 33.6 Å². The molecule has 2 aromatic carbocycles. The lowest BCUT2D eigenvalue weighted by Crippen LogP contribution is -2.21. The first kappa shape index (κ1) is 23.8. The highest BCUT2D eigenvalue weighted by molar-refractivity contribution is 7.87. The van der Waals surface area contributed by atoms with Gasteiger partial charge in [0, 0.05) is 18.7 Å². The number of alkyl halides is 3. The molecule has 0 aliphatic heterocycles. The highest BCUT2D eigenvalue weighted by atomic mass is 32.2. The molecule has 0 bridgehead atoms. The minimum atomic E-state index is -5.07. The molecule has 0 aliphatic carbocycles. The van der Waals surface area contributed by atoms with E-state index in [-0.39, 0.29) is 24.1 Å². The number of guanidine groups is 1. The van der Waals surface area contributed by atoms with E-state index >= 15 is 0 Å². The van der Waals surface area contributed by atoms with E-state index in [2.05, 4.69) is 14.9 Å². The van der Waals surface area contributed by atoms with Gasteiger partial charge in [-0.3, -0.25) is 0 Å². The number of benzene rings is 2. The fourth-order valence-corrected chi connectivity index (χ4v) is 3.32. The van der Waals surface area contributed by atoms with Gasteiger partial charge in [-0.1, -0.05) is 12.1 Å². The molecule has 0 radical (unpaired) electrons. The summed E-state index contributed by atoms with van der Waals surface area (Å²) >= 11 is 0. The van der Waals surface area contributed by atoms with E-state index in [0.29, 0.717) is 12.0 Å². The molecule has 2 rings (SSSR count). The third kappa shape index (κ3) is 8.04. The van der Waals surface area contributed by atoms with E-state index in [9.17, 15) is 21.6 Å². The van der Waals surface area contributed by atoms with Crippen molar-refractivity contribution in [2.45, 2.75) is 24.6 Å². The van der Waals surface area contributed by atoms with Crippen LogP contribution in [0.1, 0.15) is 12.0 Å². The second-order valence-corrected chi connectivity index (χ2v) is 7.49. The Balaban J connectivity index is 2.16. The van der Waals surface area contributed by atoms with Crippen LogP contribution in [0.4, 0.5) is 13.2 Å². The average Bonchev–Trinajstić information content (AvgIpc) is 2.62. The predicted molar refractivity (Wildman–Crippen MR) is 107 cm³/mol. The lowest BCUT2D eigenvalue weighted by molar-refractivity contribution is -0.275. The fraction of sp³-hybridized carbons (Fsp3) is 0.222. The van der Waals surface area contributed by atoms with Crippen molar-refractivity contribution >= 4 is 22.3 Å². The van der Waals surface area contributed by atoms with Crippen LogP contribution in [0, 0.1) is 6.92 Å². The van der Waals surface area contributed by atoms with Crippen LogP contribution in [0.2, 0.25) is 0 Å². The minimum Gasteiger partial charge on any atom is -0.493 e. The number of rotatable bonds is 9. The summed E-state index contributed by atoms with van der Waals surface area (Å²) in [7, 11) is -4.63. The molecule has 0 heterocycles. The summed E-state index contributed by atoms with van der Waals surface area (Å²) in [6, 6.07) is 8.55. The maximum atomic E-state index is 12.6. The van der Waals surface area contributed by atoms with Gasteiger partial charge in [-0.2, -0.15) is 13.5 Å². The number of hydrogen-bond acceptors (Lipinski definition) is 7. The molecule has 0 fully saturated rings. The number of nitrogens with two attached hydrogens (primary N) is 2. The molecular weight excluding hydrogens is 441 g/mol. The van der Waals surface area contributed by atoms with Gasteiger partial charge in [-0.15, -0.1) is 18.3 Å². The highest BCUT2D eigenvalue weighted by Crippen LogP contribution is 2.32. The van der Waals surface area contributed by atoms with Crippen molar-refractivity contribution in [2.75, 3.05) is 6.61 Å². The molecule has 31 heavy (non-hydrogen) atoms. The standard InChI is InChI=1S/C18H19F3N4O5S/c1-12-9-13(28-8-4-7-24-25-17(22)23)11-14(10-12)30-31(26,27)16-6-3-2-5-15(16)29-18(19,20)21/h2-3,5-7,9-11H,4,8H2,1H3,(H4,22,23,25)/b24-7-. The van der Waals surface area contributed by atoms with E-state index in [1.54, 1.807) is 13.0 Å².